The minimum absolute atomic E-state index is 0.0927. The number of hydrogen-bond acceptors (Lipinski definition) is 3. The van der Waals surface area contributed by atoms with Gasteiger partial charge in [-0.3, -0.25) is 4.79 Å². The molecule has 3 nitrogen and oxygen atoms in total. The highest BCUT2D eigenvalue weighted by atomic mass is 16.6. The Kier molecular flexibility index (Phi) is 4.41. The van der Waals surface area contributed by atoms with Crippen molar-refractivity contribution < 1.29 is 14.3 Å². The molecule has 4 rings (SSSR count). The summed E-state index contributed by atoms with van der Waals surface area (Å²) in [4.78, 5) is 12.6. The summed E-state index contributed by atoms with van der Waals surface area (Å²) >= 11 is 0. The number of ketones is 1. The van der Waals surface area contributed by atoms with Gasteiger partial charge in [0.2, 0.25) is 0 Å². The van der Waals surface area contributed by atoms with Gasteiger partial charge in [-0.15, -0.1) is 0 Å². The first-order valence-corrected chi connectivity index (χ1v) is 8.94. The number of benzene rings is 2. The zero-order chi connectivity index (χ0) is 17.1. The van der Waals surface area contributed by atoms with Gasteiger partial charge in [0.1, 0.15) is 12.4 Å². The molecule has 0 aromatic heterocycles. The van der Waals surface area contributed by atoms with E-state index < -0.39 is 5.60 Å². The molecule has 0 N–H and O–H groups in total. The highest BCUT2D eigenvalue weighted by Crippen LogP contribution is 2.48. The summed E-state index contributed by atoms with van der Waals surface area (Å²) in [5, 5.41) is 0. The smallest absolute Gasteiger partial charge is 0.190 e. The number of epoxide rings is 1. The Morgan fingerprint density at radius 3 is 2.76 bits per heavy atom. The average Bonchev–Trinajstić information content (AvgIpc) is 3.42. The summed E-state index contributed by atoms with van der Waals surface area (Å²) in [6, 6.07) is 17.9. The van der Waals surface area contributed by atoms with Crippen molar-refractivity contribution in [2.75, 3.05) is 0 Å². The van der Waals surface area contributed by atoms with Crippen molar-refractivity contribution >= 4 is 11.9 Å². The van der Waals surface area contributed by atoms with Crippen molar-refractivity contribution in [2.24, 2.45) is 0 Å². The van der Waals surface area contributed by atoms with E-state index >= 15 is 0 Å². The second-order valence-corrected chi connectivity index (χ2v) is 6.75. The lowest BCUT2D eigenvalue weighted by Crippen LogP contribution is -2.28. The number of carbonyl (C=O) groups is 1. The van der Waals surface area contributed by atoms with Gasteiger partial charge in [0, 0.05) is 5.56 Å². The molecule has 1 saturated heterocycles. The summed E-state index contributed by atoms with van der Waals surface area (Å²) in [7, 11) is 0. The van der Waals surface area contributed by atoms with Crippen LogP contribution in [0.1, 0.15) is 36.8 Å². The molecule has 1 aliphatic heterocycles. The topological polar surface area (TPSA) is 38.8 Å². The van der Waals surface area contributed by atoms with Crippen LogP contribution in [0.4, 0.5) is 0 Å². The van der Waals surface area contributed by atoms with Crippen LogP contribution in [0.5, 0.6) is 5.75 Å². The fraction of sp³-hybridized carbons (Fsp3) is 0.318. The Labute approximate surface area is 148 Å². The number of rotatable bonds is 6. The van der Waals surface area contributed by atoms with E-state index in [4.69, 9.17) is 9.47 Å². The molecule has 0 bridgehead atoms. The molecule has 0 radical (unpaired) electrons. The molecule has 0 amide bonds. The van der Waals surface area contributed by atoms with Crippen LogP contribution in [0.25, 0.3) is 6.08 Å². The Morgan fingerprint density at radius 1 is 1.12 bits per heavy atom. The van der Waals surface area contributed by atoms with Gasteiger partial charge < -0.3 is 9.47 Å². The van der Waals surface area contributed by atoms with E-state index in [1.807, 2.05) is 60.7 Å². The Bertz CT molecular complexity index is 781. The SMILES string of the molecule is O=C(/C=C/c1ccccc1OCc1ccccc1)C12CCCCC1O2. The fourth-order valence-corrected chi connectivity index (χ4v) is 3.58. The molecule has 1 aliphatic carbocycles. The minimum Gasteiger partial charge on any atom is -0.488 e. The van der Waals surface area contributed by atoms with Crippen LogP contribution in [-0.2, 0) is 16.1 Å². The summed E-state index contributed by atoms with van der Waals surface area (Å²) in [5.41, 5.74) is 1.51. The van der Waals surface area contributed by atoms with Gasteiger partial charge in [0.25, 0.3) is 0 Å². The third kappa shape index (κ3) is 3.38. The Hall–Kier alpha value is -2.39. The molecule has 0 spiro atoms. The van der Waals surface area contributed by atoms with Crippen LogP contribution in [0.2, 0.25) is 0 Å². The lowest BCUT2D eigenvalue weighted by atomic mass is 9.85. The van der Waals surface area contributed by atoms with Crippen molar-refractivity contribution in [3.05, 3.63) is 71.8 Å². The molecule has 3 heteroatoms. The molecule has 2 aromatic rings. The van der Waals surface area contributed by atoms with Crippen LogP contribution in [0, 0.1) is 0 Å². The molecule has 2 aliphatic rings. The highest BCUT2D eigenvalue weighted by molar-refractivity contribution is 6.02. The van der Waals surface area contributed by atoms with E-state index in [1.54, 1.807) is 6.08 Å². The van der Waals surface area contributed by atoms with Crippen LogP contribution < -0.4 is 4.74 Å². The number of para-hydroxylation sites is 1. The molecule has 2 atom stereocenters. The lowest BCUT2D eigenvalue weighted by Gasteiger charge is -2.14. The first-order valence-electron chi connectivity index (χ1n) is 8.94. The maximum atomic E-state index is 12.6. The summed E-state index contributed by atoms with van der Waals surface area (Å²) in [5.74, 6) is 0.875. The van der Waals surface area contributed by atoms with Gasteiger partial charge in [-0.2, -0.15) is 0 Å². The molecule has 1 heterocycles. The number of carbonyl (C=O) groups excluding carboxylic acids is 1. The van der Waals surface area contributed by atoms with E-state index in [0.717, 1.165) is 36.1 Å². The first-order chi connectivity index (χ1) is 12.3. The van der Waals surface area contributed by atoms with E-state index in [2.05, 4.69) is 0 Å². The summed E-state index contributed by atoms with van der Waals surface area (Å²) in [6.07, 6.45) is 7.76. The first kappa shape index (κ1) is 16.1. The van der Waals surface area contributed by atoms with Crippen LogP contribution in [0.3, 0.4) is 0 Å². The molecule has 128 valence electrons. The van der Waals surface area contributed by atoms with Gasteiger partial charge in [-0.05, 0) is 43.0 Å². The van der Waals surface area contributed by atoms with Crippen LogP contribution in [0.15, 0.2) is 60.7 Å². The van der Waals surface area contributed by atoms with Crippen molar-refractivity contribution in [3.63, 3.8) is 0 Å². The highest BCUT2D eigenvalue weighted by Gasteiger charge is 2.61. The molecule has 2 fully saturated rings. The van der Waals surface area contributed by atoms with Gasteiger partial charge in [0.15, 0.2) is 11.4 Å². The van der Waals surface area contributed by atoms with Gasteiger partial charge >= 0.3 is 0 Å². The zero-order valence-electron chi connectivity index (χ0n) is 14.2. The molecule has 1 saturated carbocycles. The van der Waals surface area contributed by atoms with Crippen molar-refractivity contribution in [1.29, 1.82) is 0 Å². The van der Waals surface area contributed by atoms with E-state index in [1.165, 1.54) is 6.42 Å². The lowest BCUT2D eigenvalue weighted by molar-refractivity contribution is -0.119. The van der Waals surface area contributed by atoms with E-state index in [-0.39, 0.29) is 11.9 Å². The second-order valence-electron chi connectivity index (χ2n) is 6.75. The Balaban J connectivity index is 1.45. The predicted octanol–water partition coefficient (Wildman–Crippen LogP) is 4.56. The van der Waals surface area contributed by atoms with Crippen LogP contribution in [-0.4, -0.2) is 17.5 Å². The van der Waals surface area contributed by atoms with E-state index in [9.17, 15) is 4.79 Å². The molecule has 25 heavy (non-hydrogen) atoms. The third-order valence-electron chi connectivity index (χ3n) is 5.07. The average molecular weight is 334 g/mol. The number of ether oxygens (including phenoxy) is 2. The van der Waals surface area contributed by atoms with Gasteiger partial charge in [0.05, 0.1) is 6.10 Å². The largest absolute Gasteiger partial charge is 0.488 e. The number of fused-ring (bicyclic) bond motifs is 1. The number of hydrogen-bond donors (Lipinski definition) is 0. The fourth-order valence-electron chi connectivity index (χ4n) is 3.58. The maximum Gasteiger partial charge on any atom is 0.190 e. The van der Waals surface area contributed by atoms with Crippen molar-refractivity contribution in [1.82, 2.24) is 0 Å². The summed E-state index contributed by atoms with van der Waals surface area (Å²) in [6.45, 7) is 0.509. The van der Waals surface area contributed by atoms with Crippen molar-refractivity contribution in [2.45, 2.75) is 44.0 Å². The normalized spacial score (nSPS) is 24.7. The second kappa shape index (κ2) is 6.85. The zero-order valence-corrected chi connectivity index (χ0v) is 14.2. The molecule has 2 aromatic carbocycles. The van der Waals surface area contributed by atoms with Gasteiger partial charge in [-0.25, -0.2) is 0 Å². The molecular weight excluding hydrogens is 312 g/mol. The third-order valence-corrected chi connectivity index (χ3v) is 5.07. The maximum absolute atomic E-state index is 12.6. The molecule has 2 unspecified atom stereocenters. The van der Waals surface area contributed by atoms with Crippen LogP contribution >= 0.6 is 0 Å². The standard InChI is InChI=1S/C22H22O3/c23-20(22-15-7-6-12-21(22)25-22)14-13-18-10-4-5-11-19(18)24-16-17-8-2-1-3-9-17/h1-5,8-11,13-14,21H,6-7,12,15-16H2/b14-13+. The summed E-state index contributed by atoms with van der Waals surface area (Å²) < 4.78 is 11.7. The Morgan fingerprint density at radius 2 is 1.92 bits per heavy atom. The molecular formula is C22H22O3. The quantitative estimate of drug-likeness (QED) is 0.574. The van der Waals surface area contributed by atoms with Gasteiger partial charge in [-0.1, -0.05) is 55.0 Å². The van der Waals surface area contributed by atoms with Crippen molar-refractivity contribution in [3.8, 4) is 5.75 Å². The monoisotopic (exact) mass is 334 g/mol. The van der Waals surface area contributed by atoms with E-state index in [0.29, 0.717) is 6.61 Å². The predicted molar refractivity (Wildman–Crippen MR) is 97.3 cm³/mol. The minimum atomic E-state index is -0.519.